The van der Waals surface area contributed by atoms with Crippen LogP contribution in [0.15, 0.2) is 21.9 Å². The van der Waals surface area contributed by atoms with E-state index in [0.717, 1.165) is 31.7 Å². The molecule has 0 aromatic carbocycles. The maximum atomic E-state index is 5.56. The summed E-state index contributed by atoms with van der Waals surface area (Å²) in [5.74, 6) is 1.45. The van der Waals surface area contributed by atoms with Gasteiger partial charge in [-0.3, -0.25) is 0 Å². The molecule has 0 aliphatic rings. The van der Waals surface area contributed by atoms with Crippen LogP contribution in [0.25, 0.3) is 0 Å². The Morgan fingerprint density at radius 3 is 3.00 bits per heavy atom. The second kappa shape index (κ2) is 5.77. The van der Waals surface area contributed by atoms with Crippen LogP contribution in [0.5, 0.6) is 0 Å². The van der Waals surface area contributed by atoms with Gasteiger partial charge < -0.3 is 9.73 Å². The molecule has 16 heavy (non-hydrogen) atoms. The molecule has 0 saturated heterocycles. The van der Waals surface area contributed by atoms with E-state index in [1.807, 2.05) is 13.1 Å². The fourth-order valence-corrected chi connectivity index (χ4v) is 2.14. The normalized spacial score (nSPS) is 10.8. The zero-order chi connectivity index (χ0) is 11.2. The summed E-state index contributed by atoms with van der Waals surface area (Å²) in [7, 11) is 1.94. The van der Waals surface area contributed by atoms with Crippen LogP contribution in [0.2, 0.25) is 0 Å². The second-order valence-electron chi connectivity index (χ2n) is 3.55. The highest BCUT2D eigenvalue weighted by Gasteiger charge is 2.06. The SMILES string of the molecule is CNCCCc1nnc(Cc2cccs2)o1. The largest absolute Gasteiger partial charge is 0.425 e. The van der Waals surface area contributed by atoms with Crippen molar-refractivity contribution in [1.29, 1.82) is 0 Å². The summed E-state index contributed by atoms with van der Waals surface area (Å²) in [5.41, 5.74) is 0. The summed E-state index contributed by atoms with van der Waals surface area (Å²) >= 11 is 1.71. The van der Waals surface area contributed by atoms with Crippen molar-refractivity contribution in [3.8, 4) is 0 Å². The molecule has 0 radical (unpaired) electrons. The first kappa shape index (κ1) is 11.3. The first-order chi connectivity index (χ1) is 7.88. The van der Waals surface area contributed by atoms with Crippen LogP contribution >= 0.6 is 11.3 Å². The Morgan fingerprint density at radius 2 is 2.25 bits per heavy atom. The molecule has 4 nitrogen and oxygen atoms in total. The number of rotatable bonds is 6. The number of hydrogen-bond acceptors (Lipinski definition) is 5. The molecule has 86 valence electrons. The summed E-state index contributed by atoms with van der Waals surface area (Å²) in [6.45, 7) is 0.975. The zero-order valence-electron chi connectivity index (χ0n) is 9.27. The number of thiophene rings is 1. The molecule has 0 bridgehead atoms. The van der Waals surface area contributed by atoms with E-state index in [4.69, 9.17) is 4.42 Å². The minimum Gasteiger partial charge on any atom is -0.425 e. The molecular weight excluding hydrogens is 222 g/mol. The summed E-state index contributed by atoms with van der Waals surface area (Å²) < 4.78 is 5.56. The fraction of sp³-hybridized carbons (Fsp3) is 0.455. The average molecular weight is 237 g/mol. The molecule has 2 aromatic rings. The van der Waals surface area contributed by atoms with Crippen LogP contribution in [-0.2, 0) is 12.8 Å². The van der Waals surface area contributed by atoms with Crippen molar-refractivity contribution < 1.29 is 4.42 Å². The van der Waals surface area contributed by atoms with Gasteiger partial charge in [-0.25, -0.2) is 0 Å². The van der Waals surface area contributed by atoms with E-state index in [2.05, 4.69) is 27.0 Å². The van der Waals surface area contributed by atoms with Gasteiger partial charge in [0.05, 0.1) is 6.42 Å². The predicted molar refractivity (Wildman–Crippen MR) is 63.7 cm³/mol. The van der Waals surface area contributed by atoms with Crippen LogP contribution < -0.4 is 5.32 Å². The molecule has 0 saturated carbocycles. The Morgan fingerprint density at radius 1 is 1.38 bits per heavy atom. The van der Waals surface area contributed by atoms with Crippen LogP contribution in [-0.4, -0.2) is 23.8 Å². The summed E-state index contributed by atoms with van der Waals surface area (Å²) in [4.78, 5) is 1.26. The molecule has 0 aliphatic heterocycles. The third-order valence-electron chi connectivity index (χ3n) is 2.23. The summed E-state index contributed by atoms with van der Waals surface area (Å²) in [6.07, 6.45) is 2.62. The second-order valence-corrected chi connectivity index (χ2v) is 4.59. The molecule has 0 aliphatic carbocycles. The van der Waals surface area contributed by atoms with Crippen LogP contribution in [0.4, 0.5) is 0 Å². The van der Waals surface area contributed by atoms with Crippen molar-refractivity contribution in [2.75, 3.05) is 13.6 Å². The smallest absolute Gasteiger partial charge is 0.221 e. The van der Waals surface area contributed by atoms with E-state index in [-0.39, 0.29) is 0 Å². The number of aromatic nitrogens is 2. The minimum atomic E-state index is 0.710. The number of nitrogens with zero attached hydrogens (tertiary/aromatic N) is 2. The van der Waals surface area contributed by atoms with Crippen LogP contribution in [0.1, 0.15) is 23.1 Å². The van der Waals surface area contributed by atoms with Gasteiger partial charge in [0.1, 0.15) is 0 Å². The van der Waals surface area contributed by atoms with Gasteiger partial charge in [0, 0.05) is 11.3 Å². The Hall–Kier alpha value is -1.20. The topological polar surface area (TPSA) is 51.0 Å². The molecule has 2 heterocycles. The van der Waals surface area contributed by atoms with E-state index in [1.165, 1.54) is 4.88 Å². The van der Waals surface area contributed by atoms with Gasteiger partial charge in [-0.05, 0) is 31.5 Å². The van der Waals surface area contributed by atoms with Gasteiger partial charge in [0.25, 0.3) is 0 Å². The van der Waals surface area contributed by atoms with Crippen molar-refractivity contribution in [3.63, 3.8) is 0 Å². The quantitative estimate of drug-likeness (QED) is 0.779. The molecule has 2 aromatic heterocycles. The van der Waals surface area contributed by atoms with E-state index in [0.29, 0.717) is 5.89 Å². The third kappa shape index (κ3) is 3.15. The zero-order valence-corrected chi connectivity index (χ0v) is 10.1. The van der Waals surface area contributed by atoms with Crippen LogP contribution in [0.3, 0.4) is 0 Å². The average Bonchev–Trinajstić information content (AvgIpc) is 2.91. The first-order valence-electron chi connectivity index (χ1n) is 5.36. The molecule has 0 atom stereocenters. The molecule has 0 spiro atoms. The van der Waals surface area contributed by atoms with Crippen molar-refractivity contribution in [2.45, 2.75) is 19.3 Å². The lowest BCUT2D eigenvalue weighted by atomic mass is 10.3. The van der Waals surface area contributed by atoms with Crippen LogP contribution in [0, 0.1) is 0 Å². The highest BCUT2D eigenvalue weighted by Crippen LogP contribution is 2.14. The van der Waals surface area contributed by atoms with E-state index >= 15 is 0 Å². The Labute approximate surface area is 98.7 Å². The van der Waals surface area contributed by atoms with Gasteiger partial charge in [0.2, 0.25) is 11.8 Å². The molecular formula is C11H15N3OS. The van der Waals surface area contributed by atoms with Crippen molar-refractivity contribution >= 4 is 11.3 Å². The van der Waals surface area contributed by atoms with Crippen molar-refractivity contribution in [3.05, 3.63) is 34.2 Å². The maximum absolute atomic E-state index is 5.56. The molecule has 0 amide bonds. The summed E-state index contributed by atoms with van der Waals surface area (Å²) in [5, 5.41) is 13.2. The minimum absolute atomic E-state index is 0.710. The Balaban J connectivity index is 1.87. The highest BCUT2D eigenvalue weighted by atomic mass is 32.1. The lowest BCUT2D eigenvalue weighted by Crippen LogP contribution is -2.08. The molecule has 5 heteroatoms. The third-order valence-corrected chi connectivity index (χ3v) is 3.11. The summed E-state index contributed by atoms with van der Waals surface area (Å²) in [6, 6.07) is 4.11. The predicted octanol–water partition coefficient (Wildman–Crippen LogP) is 1.87. The number of hydrogen-bond donors (Lipinski definition) is 1. The van der Waals surface area contributed by atoms with Gasteiger partial charge in [0.15, 0.2) is 0 Å². The Bertz CT molecular complexity index is 411. The molecule has 1 N–H and O–H groups in total. The van der Waals surface area contributed by atoms with Gasteiger partial charge in [-0.1, -0.05) is 6.07 Å². The maximum Gasteiger partial charge on any atom is 0.221 e. The fourth-order valence-electron chi connectivity index (χ4n) is 1.44. The highest BCUT2D eigenvalue weighted by molar-refractivity contribution is 7.09. The van der Waals surface area contributed by atoms with E-state index in [1.54, 1.807) is 11.3 Å². The Kier molecular flexibility index (Phi) is 4.07. The van der Waals surface area contributed by atoms with Crippen molar-refractivity contribution in [1.82, 2.24) is 15.5 Å². The number of nitrogens with one attached hydrogen (secondary N) is 1. The molecule has 0 fully saturated rings. The first-order valence-corrected chi connectivity index (χ1v) is 6.24. The van der Waals surface area contributed by atoms with E-state index < -0.39 is 0 Å². The lowest BCUT2D eigenvalue weighted by molar-refractivity contribution is 0.451. The molecule has 0 unspecified atom stereocenters. The lowest BCUT2D eigenvalue weighted by Gasteiger charge is -1.94. The van der Waals surface area contributed by atoms with Gasteiger partial charge in [-0.15, -0.1) is 21.5 Å². The van der Waals surface area contributed by atoms with Gasteiger partial charge >= 0.3 is 0 Å². The standard InChI is InChI=1S/C11H15N3OS/c1-12-6-2-5-10-13-14-11(15-10)8-9-4-3-7-16-9/h3-4,7,12H,2,5-6,8H2,1H3. The number of aryl methyl sites for hydroxylation is 1. The molecule has 2 rings (SSSR count). The monoisotopic (exact) mass is 237 g/mol. The van der Waals surface area contributed by atoms with Gasteiger partial charge in [-0.2, -0.15) is 0 Å². The van der Waals surface area contributed by atoms with E-state index in [9.17, 15) is 0 Å². The van der Waals surface area contributed by atoms with Crippen molar-refractivity contribution in [2.24, 2.45) is 0 Å².